The monoisotopic (exact) mass is 252 g/mol. The molecule has 0 bridgehead atoms. The van der Waals surface area contributed by atoms with Gasteiger partial charge in [0.25, 0.3) is 0 Å². The van der Waals surface area contributed by atoms with Gasteiger partial charge >= 0.3 is 0 Å². The van der Waals surface area contributed by atoms with Crippen molar-refractivity contribution in [1.29, 1.82) is 0 Å². The van der Waals surface area contributed by atoms with Gasteiger partial charge in [-0.1, -0.05) is 13.8 Å². The van der Waals surface area contributed by atoms with E-state index in [9.17, 15) is 0 Å². The van der Waals surface area contributed by atoms with E-state index in [0.29, 0.717) is 0 Å². The summed E-state index contributed by atoms with van der Waals surface area (Å²) in [6.45, 7) is 9.00. The summed E-state index contributed by atoms with van der Waals surface area (Å²) in [6, 6.07) is 5.41. The van der Waals surface area contributed by atoms with Crippen LogP contribution < -0.4 is 5.32 Å². The Morgan fingerprint density at radius 2 is 2.18 bits per heavy atom. The molecule has 0 aliphatic carbocycles. The van der Waals surface area contributed by atoms with Gasteiger partial charge in [-0.05, 0) is 44.5 Å². The number of likely N-dealkylation sites (tertiary alicyclic amines) is 1. The molecule has 1 atom stereocenters. The van der Waals surface area contributed by atoms with Gasteiger partial charge in [0.15, 0.2) is 0 Å². The number of nitrogens with zero attached hydrogens (tertiary/aromatic N) is 1. The highest BCUT2D eigenvalue weighted by Gasteiger charge is 2.22. The average molecular weight is 252 g/mol. The van der Waals surface area contributed by atoms with Gasteiger partial charge in [-0.25, -0.2) is 0 Å². The third-order valence-corrected chi connectivity index (χ3v) is 4.67. The first kappa shape index (κ1) is 13.1. The third-order valence-electron chi connectivity index (χ3n) is 3.60. The van der Waals surface area contributed by atoms with Gasteiger partial charge < -0.3 is 5.32 Å². The molecule has 1 aromatic heterocycles. The van der Waals surface area contributed by atoms with Crippen LogP contribution in [0.25, 0.3) is 0 Å². The maximum Gasteiger partial charge on any atom is 0.0330 e. The molecule has 0 aromatic carbocycles. The lowest BCUT2D eigenvalue weighted by Gasteiger charge is -2.22. The summed E-state index contributed by atoms with van der Waals surface area (Å²) in [4.78, 5) is 5.65. The van der Waals surface area contributed by atoms with Crippen molar-refractivity contribution in [1.82, 2.24) is 10.2 Å². The van der Waals surface area contributed by atoms with E-state index in [2.05, 4.69) is 36.2 Å². The standard InChI is InChI=1S/C14H24N2S/c1-3-12-6-5-9-16(12)11-14-8-7-13(17-14)10-15-4-2/h7-8,12,15H,3-6,9-11H2,1-2H3. The lowest BCUT2D eigenvalue weighted by atomic mass is 10.2. The van der Waals surface area contributed by atoms with E-state index in [0.717, 1.165) is 25.7 Å². The molecule has 0 spiro atoms. The van der Waals surface area contributed by atoms with E-state index in [1.54, 1.807) is 0 Å². The summed E-state index contributed by atoms with van der Waals surface area (Å²) in [6.07, 6.45) is 4.08. The molecule has 2 nitrogen and oxygen atoms in total. The first-order valence-corrected chi connectivity index (χ1v) is 7.67. The fraction of sp³-hybridized carbons (Fsp3) is 0.714. The normalized spacial score (nSPS) is 21.2. The SMILES string of the molecule is CCNCc1ccc(CN2CCCC2CC)s1. The Kier molecular flexibility index (Phi) is 5.01. The second kappa shape index (κ2) is 6.53. The molecule has 0 radical (unpaired) electrons. The van der Waals surface area contributed by atoms with Crippen LogP contribution in [-0.4, -0.2) is 24.0 Å². The van der Waals surface area contributed by atoms with Crippen molar-refractivity contribution in [3.63, 3.8) is 0 Å². The van der Waals surface area contributed by atoms with Crippen molar-refractivity contribution < 1.29 is 0 Å². The minimum absolute atomic E-state index is 0.828. The van der Waals surface area contributed by atoms with Crippen LogP contribution in [0.1, 0.15) is 42.9 Å². The highest BCUT2D eigenvalue weighted by Crippen LogP contribution is 2.25. The molecular formula is C14H24N2S. The second-order valence-electron chi connectivity index (χ2n) is 4.82. The third kappa shape index (κ3) is 3.54. The van der Waals surface area contributed by atoms with E-state index >= 15 is 0 Å². The predicted molar refractivity (Wildman–Crippen MR) is 75.4 cm³/mol. The van der Waals surface area contributed by atoms with Gasteiger partial charge in [-0.15, -0.1) is 11.3 Å². The zero-order valence-electron chi connectivity index (χ0n) is 11.0. The Morgan fingerprint density at radius 1 is 1.35 bits per heavy atom. The molecule has 0 saturated carbocycles. The lowest BCUT2D eigenvalue weighted by Crippen LogP contribution is -2.27. The highest BCUT2D eigenvalue weighted by atomic mass is 32.1. The van der Waals surface area contributed by atoms with Gasteiger partial charge in [0.2, 0.25) is 0 Å². The van der Waals surface area contributed by atoms with Gasteiger partial charge in [-0.2, -0.15) is 0 Å². The first-order valence-electron chi connectivity index (χ1n) is 6.85. The first-order chi connectivity index (χ1) is 8.33. The van der Waals surface area contributed by atoms with Crippen LogP contribution in [0.4, 0.5) is 0 Å². The van der Waals surface area contributed by atoms with Gasteiger partial charge in [0.05, 0.1) is 0 Å². The maximum absolute atomic E-state index is 3.39. The molecule has 1 saturated heterocycles. The Hall–Kier alpha value is -0.380. The summed E-state index contributed by atoms with van der Waals surface area (Å²) in [5.41, 5.74) is 0. The summed E-state index contributed by atoms with van der Waals surface area (Å²) in [7, 11) is 0. The molecular weight excluding hydrogens is 228 g/mol. The average Bonchev–Trinajstić information content (AvgIpc) is 2.96. The van der Waals surface area contributed by atoms with Crippen molar-refractivity contribution in [2.24, 2.45) is 0 Å². The van der Waals surface area contributed by atoms with E-state index in [4.69, 9.17) is 0 Å². The summed E-state index contributed by atoms with van der Waals surface area (Å²) in [5, 5.41) is 3.39. The predicted octanol–water partition coefficient (Wildman–Crippen LogP) is 3.23. The highest BCUT2D eigenvalue weighted by molar-refractivity contribution is 7.11. The molecule has 1 unspecified atom stereocenters. The van der Waals surface area contributed by atoms with E-state index in [1.165, 1.54) is 35.6 Å². The molecule has 1 fully saturated rings. The molecule has 1 aliphatic heterocycles. The zero-order valence-corrected chi connectivity index (χ0v) is 11.9. The van der Waals surface area contributed by atoms with E-state index < -0.39 is 0 Å². The Labute approximate surface area is 109 Å². The van der Waals surface area contributed by atoms with Crippen LogP contribution in [0, 0.1) is 0 Å². The molecule has 2 heterocycles. The Bertz CT molecular complexity index is 335. The number of hydrogen-bond acceptors (Lipinski definition) is 3. The Balaban J connectivity index is 1.87. The molecule has 96 valence electrons. The van der Waals surface area contributed by atoms with Crippen LogP contribution in [0.5, 0.6) is 0 Å². The van der Waals surface area contributed by atoms with Crippen molar-refractivity contribution in [2.75, 3.05) is 13.1 Å². The van der Waals surface area contributed by atoms with Crippen molar-refractivity contribution in [3.8, 4) is 0 Å². The molecule has 17 heavy (non-hydrogen) atoms. The molecule has 2 rings (SSSR count). The van der Waals surface area contributed by atoms with E-state index in [1.807, 2.05) is 11.3 Å². The second-order valence-corrected chi connectivity index (χ2v) is 6.08. The fourth-order valence-corrected chi connectivity index (χ4v) is 3.63. The van der Waals surface area contributed by atoms with Crippen LogP contribution in [0.15, 0.2) is 12.1 Å². The van der Waals surface area contributed by atoms with Gasteiger partial charge in [-0.3, -0.25) is 4.90 Å². The molecule has 1 aliphatic rings. The van der Waals surface area contributed by atoms with Crippen molar-refractivity contribution >= 4 is 11.3 Å². The molecule has 1 aromatic rings. The van der Waals surface area contributed by atoms with Crippen molar-refractivity contribution in [2.45, 2.75) is 52.2 Å². The topological polar surface area (TPSA) is 15.3 Å². The summed E-state index contributed by atoms with van der Waals surface area (Å²) < 4.78 is 0. The number of nitrogens with one attached hydrogen (secondary N) is 1. The van der Waals surface area contributed by atoms with Crippen molar-refractivity contribution in [3.05, 3.63) is 21.9 Å². The zero-order chi connectivity index (χ0) is 12.1. The maximum atomic E-state index is 3.39. The van der Waals surface area contributed by atoms with Gasteiger partial charge in [0, 0.05) is 28.9 Å². The van der Waals surface area contributed by atoms with Crippen LogP contribution in [0.2, 0.25) is 0 Å². The summed E-state index contributed by atoms with van der Waals surface area (Å²) >= 11 is 1.97. The number of rotatable bonds is 6. The lowest BCUT2D eigenvalue weighted by molar-refractivity contribution is 0.242. The largest absolute Gasteiger partial charge is 0.312 e. The molecule has 3 heteroatoms. The van der Waals surface area contributed by atoms with Gasteiger partial charge in [0.1, 0.15) is 0 Å². The molecule has 1 N–H and O–H groups in total. The Morgan fingerprint density at radius 3 is 2.94 bits per heavy atom. The quantitative estimate of drug-likeness (QED) is 0.836. The number of hydrogen-bond donors (Lipinski definition) is 1. The molecule has 0 amide bonds. The number of thiophene rings is 1. The van der Waals surface area contributed by atoms with Crippen LogP contribution in [-0.2, 0) is 13.1 Å². The van der Waals surface area contributed by atoms with Crippen LogP contribution in [0.3, 0.4) is 0 Å². The fourth-order valence-electron chi connectivity index (χ4n) is 2.62. The minimum Gasteiger partial charge on any atom is -0.312 e. The minimum atomic E-state index is 0.828. The van der Waals surface area contributed by atoms with E-state index in [-0.39, 0.29) is 0 Å². The summed E-state index contributed by atoms with van der Waals surface area (Å²) in [5.74, 6) is 0. The van der Waals surface area contributed by atoms with Crippen LogP contribution >= 0.6 is 11.3 Å². The smallest absolute Gasteiger partial charge is 0.0330 e.